The van der Waals surface area contributed by atoms with E-state index in [1.807, 2.05) is 38.9 Å². The molecule has 0 saturated heterocycles. The zero-order chi connectivity index (χ0) is 29.1. The molecule has 2 fully saturated rings. The third-order valence-electron chi connectivity index (χ3n) is 8.89. The first-order valence-electron chi connectivity index (χ1n) is 13.3. The third-order valence-corrected chi connectivity index (χ3v) is 8.89. The number of nitrogens with zero attached hydrogens (tertiary/aromatic N) is 3. The Morgan fingerprint density at radius 3 is 2.21 bits per heavy atom. The second kappa shape index (κ2) is 10.1. The number of Topliss-reactive ketones (excluding diaryl/α,β-unsaturated/α-hetero) is 4. The summed E-state index contributed by atoms with van der Waals surface area (Å²) in [4.78, 5) is 72.2. The highest BCUT2D eigenvalue weighted by Crippen LogP contribution is 2.52. The summed E-state index contributed by atoms with van der Waals surface area (Å²) in [5, 5.41) is 23.0. The molecule has 0 aromatic heterocycles. The molecule has 212 valence electrons. The Morgan fingerprint density at radius 1 is 1.08 bits per heavy atom. The van der Waals surface area contributed by atoms with E-state index in [1.54, 1.807) is 14.1 Å². The van der Waals surface area contributed by atoms with Gasteiger partial charge in [-0.25, -0.2) is 0 Å². The van der Waals surface area contributed by atoms with Crippen LogP contribution in [0.5, 0.6) is 5.75 Å². The number of aliphatic hydroxyl groups is 1. The minimum atomic E-state index is -2.73. The number of hydrogen-bond donors (Lipinski definition) is 3. The first-order valence-corrected chi connectivity index (χ1v) is 13.3. The van der Waals surface area contributed by atoms with Crippen molar-refractivity contribution >= 4 is 34.7 Å². The number of rotatable bonds is 7. The number of likely N-dealkylation sites (N-methyl/N-ethyl adjacent to an activating group) is 1. The standard InChI is InChI=1S/C28H38N4O7/c1-7-32(8-2)12-14-11-17(30(3)4)15-9-13-10-16-21(31(5)6)24(35)20(27(29)38)26(37)28(16,39)25(36)18(13)23(34)19(15)22(14)33/h11,13,16,18,20-21,33,39H,7-10,12H2,1-6H3,(H2,29,38)/t13-,16-,18?,20?,21-,28-/m0/s1. The molecule has 4 N–H and O–H groups in total. The number of primary amides is 1. The number of fused-ring (bicyclic) bond motifs is 3. The van der Waals surface area contributed by atoms with E-state index in [-0.39, 0.29) is 24.2 Å². The number of phenolic OH excluding ortho intramolecular Hbond substituents is 1. The first-order chi connectivity index (χ1) is 18.2. The molecule has 3 aliphatic rings. The molecule has 2 saturated carbocycles. The summed E-state index contributed by atoms with van der Waals surface area (Å²) in [7, 11) is 6.79. The lowest BCUT2D eigenvalue weighted by Crippen LogP contribution is -2.74. The zero-order valence-electron chi connectivity index (χ0n) is 23.4. The van der Waals surface area contributed by atoms with Gasteiger partial charge in [0.15, 0.2) is 34.7 Å². The van der Waals surface area contributed by atoms with Gasteiger partial charge in [0.2, 0.25) is 5.91 Å². The average Bonchev–Trinajstić information content (AvgIpc) is 2.85. The van der Waals surface area contributed by atoms with E-state index in [4.69, 9.17) is 5.73 Å². The fourth-order valence-electron chi connectivity index (χ4n) is 6.91. The quantitative estimate of drug-likeness (QED) is 0.393. The highest BCUT2D eigenvalue weighted by Gasteiger charge is 2.69. The van der Waals surface area contributed by atoms with E-state index in [1.165, 1.54) is 4.90 Å². The van der Waals surface area contributed by atoms with Crippen molar-refractivity contribution in [3.8, 4) is 5.75 Å². The van der Waals surface area contributed by atoms with Crippen LogP contribution in [0, 0.1) is 23.7 Å². The predicted octanol–water partition coefficient (Wildman–Crippen LogP) is -0.225. The molecule has 0 aliphatic heterocycles. The van der Waals surface area contributed by atoms with Gasteiger partial charge in [-0.2, -0.15) is 0 Å². The topological polar surface area (TPSA) is 162 Å². The lowest BCUT2D eigenvalue weighted by atomic mass is 9.52. The second-order valence-electron chi connectivity index (χ2n) is 11.4. The molecule has 3 aliphatic carbocycles. The van der Waals surface area contributed by atoms with Crippen LogP contribution in [0.2, 0.25) is 0 Å². The van der Waals surface area contributed by atoms with Crippen LogP contribution < -0.4 is 10.6 Å². The van der Waals surface area contributed by atoms with Crippen molar-refractivity contribution in [2.75, 3.05) is 46.2 Å². The van der Waals surface area contributed by atoms with Gasteiger partial charge in [0.1, 0.15) is 5.75 Å². The van der Waals surface area contributed by atoms with Gasteiger partial charge in [0.05, 0.1) is 17.5 Å². The van der Waals surface area contributed by atoms with Gasteiger partial charge >= 0.3 is 0 Å². The summed E-state index contributed by atoms with van der Waals surface area (Å²) in [5.74, 6) is -10.3. The predicted molar refractivity (Wildman–Crippen MR) is 142 cm³/mol. The van der Waals surface area contributed by atoms with Gasteiger partial charge in [0, 0.05) is 37.8 Å². The van der Waals surface area contributed by atoms with Gasteiger partial charge in [-0.1, -0.05) is 13.8 Å². The molecule has 39 heavy (non-hydrogen) atoms. The Kier molecular flexibility index (Phi) is 7.48. The fourth-order valence-corrected chi connectivity index (χ4v) is 6.91. The number of ketones is 4. The maximum atomic E-state index is 14.0. The number of anilines is 1. The van der Waals surface area contributed by atoms with Crippen LogP contribution in [0.15, 0.2) is 6.07 Å². The molecule has 2 unspecified atom stereocenters. The molecule has 0 heterocycles. The number of hydrogen-bond acceptors (Lipinski definition) is 10. The van der Waals surface area contributed by atoms with Crippen molar-refractivity contribution in [3.63, 3.8) is 0 Å². The molecule has 4 rings (SSSR count). The third kappa shape index (κ3) is 4.18. The van der Waals surface area contributed by atoms with E-state index < -0.39 is 64.4 Å². The second-order valence-corrected chi connectivity index (χ2v) is 11.4. The normalized spacial score (nSPS) is 30.3. The van der Waals surface area contributed by atoms with Crippen molar-refractivity contribution in [1.82, 2.24) is 9.80 Å². The van der Waals surface area contributed by atoms with E-state index in [2.05, 4.69) is 4.90 Å². The summed E-state index contributed by atoms with van der Waals surface area (Å²) in [6.07, 6.45) is 0.261. The largest absolute Gasteiger partial charge is 0.507 e. The Balaban J connectivity index is 1.88. The van der Waals surface area contributed by atoms with Gasteiger partial charge in [0.25, 0.3) is 0 Å². The molecular formula is C28H38N4O7. The maximum Gasteiger partial charge on any atom is 0.235 e. The molecule has 6 atom stereocenters. The Hall–Kier alpha value is -3.15. The highest BCUT2D eigenvalue weighted by atomic mass is 16.3. The number of aromatic hydroxyl groups is 1. The molecule has 0 bridgehead atoms. The molecule has 11 nitrogen and oxygen atoms in total. The van der Waals surface area contributed by atoms with Crippen LogP contribution in [0.1, 0.15) is 41.8 Å². The number of carbonyl (C=O) groups excluding carboxylic acids is 5. The molecular weight excluding hydrogens is 504 g/mol. The minimum Gasteiger partial charge on any atom is -0.507 e. The Labute approximate surface area is 227 Å². The monoisotopic (exact) mass is 542 g/mol. The van der Waals surface area contributed by atoms with E-state index in [0.29, 0.717) is 17.7 Å². The van der Waals surface area contributed by atoms with Crippen molar-refractivity contribution in [2.24, 2.45) is 29.4 Å². The summed E-state index contributed by atoms with van der Waals surface area (Å²) < 4.78 is 0. The average molecular weight is 543 g/mol. The Bertz CT molecular complexity index is 1250. The minimum absolute atomic E-state index is 0.0231. The van der Waals surface area contributed by atoms with Crippen molar-refractivity contribution in [1.29, 1.82) is 0 Å². The molecule has 0 radical (unpaired) electrons. The smallest absolute Gasteiger partial charge is 0.235 e. The molecule has 1 aromatic carbocycles. The van der Waals surface area contributed by atoms with Crippen molar-refractivity contribution < 1.29 is 34.2 Å². The number of carbonyl (C=O) groups is 5. The highest BCUT2D eigenvalue weighted by molar-refractivity contribution is 6.32. The Morgan fingerprint density at radius 2 is 1.69 bits per heavy atom. The van der Waals surface area contributed by atoms with Gasteiger partial charge in [-0.05, 0) is 57.6 Å². The van der Waals surface area contributed by atoms with Crippen LogP contribution in [0.3, 0.4) is 0 Å². The lowest BCUT2D eigenvalue weighted by molar-refractivity contribution is -0.181. The molecule has 11 heteroatoms. The molecule has 1 aromatic rings. The fraction of sp³-hybridized carbons (Fsp3) is 0.607. The first kappa shape index (κ1) is 28.8. The van der Waals surface area contributed by atoms with E-state index in [9.17, 15) is 34.2 Å². The van der Waals surface area contributed by atoms with Crippen LogP contribution in [-0.2, 0) is 32.1 Å². The van der Waals surface area contributed by atoms with Crippen molar-refractivity contribution in [3.05, 3.63) is 22.8 Å². The maximum absolute atomic E-state index is 14.0. The van der Waals surface area contributed by atoms with E-state index >= 15 is 0 Å². The molecule has 1 amide bonds. The lowest BCUT2D eigenvalue weighted by Gasteiger charge is -2.52. The van der Waals surface area contributed by atoms with Crippen LogP contribution in [0.25, 0.3) is 0 Å². The van der Waals surface area contributed by atoms with Crippen molar-refractivity contribution in [2.45, 2.75) is 44.9 Å². The molecule has 0 spiro atoms. The zero-order valence-corrected chi connectivity index (χ0v) is 23.4. The number of benzene rings is 1. The summed E-state index contributed by atoms with van der Waals surface area (Å²) in [6.45, 7) is 5.83. The number of amides is 1. The van der Waals surface area contributed by atoms with E-state index in [0.717, 1.165) is 18.8 Å². The van der Waals surface area contributed by atoms with Gasteiger partial charge in [-0.15, -0.1) is 0 Å². The summed E-state index contributed by atoms with van der Waals surface area (Å²) >= 11 is 0. The summed E-state index contributed by atoms with van der Waals surface area (Å²) in [5.41, 5.74) is 4.53. The van der Waals surface area contributed by atoms with Crippen LogP contribution >= 0.6 is 0 Å². The SMILES string of the molecule is CCN(CC)Cc1cc(N(C)C)c2c(c1O)C(=O)C1C(=O)[C@]3(O)C(=O)C(C(N)=O)C(=O)[C@@H](N(C)C)[C@@H]3C[C@@H]1C2. The van der Waals surface area contributed by atoms with Gasteiger partial charge < -0.3 is 20.8 Å². The van der Waals surface area contributed by atoms with Crippen LogP contribution in [0.4, 0.5) is 5.69 Å². The summed E-state index contributed by atoms with van der Waals surface area (Å²) in [6, 6.07) is 0.735. The van der Waals surface area contributed by atoms with Gasteiger partial charge in [-0.3, -0.25) is 33.8 Å². The number of phenols is 1. The van der Waals surface area contributed by atoms with Crippen LogP contribution in [-0.4, -0.2) is 102 Å². The number of nitrogens with two attached hydrogens (primary N) is 1.